The molecule has 3 heterocycles. The normalized spacial score (nSPS) is 13.3. The highest BCUT2D eigenvalue weighted by molar-refractivity contribution is 7.22. The van der Waals surface area contributed by atoms with Crippen LogP contribution in [0.15, 0.2) is 67.0 Å². The molecule has 1 amide bonds. The predicted octanol–water partition coefficient (Wildman–Crippen LogP) is 4.71. The van der Waals surface area contributed by atoms with Gasteiger partial charge in [0.25, 0.3) is 5.91 Å². The number of hydrogen-bond donors (Lipinski definition) is 1. The van der Waals surface area contributed by atoms with Gasteiger partial charge in [0.15, 0.2) is 5.13 Å². The quantitative estimate of drug-likeness (QED) is 0.539. The van der Waals surface area contributed by atoms with Crippen LogP contribution < -0.4 is 10.2 Å². The number of nitrogens with zero attached hydrogens (tertiary/aromatic N) is 3. The first-order valence-electron chi connectivity index (χ1n) is 9.72. The molecule has 5 nitrogen and oxygen atoms in total. The molecule has 0 fully saturated rings. The van der Waals surface area contributed by atoms with Gasteiger partial charge in [0.2, 0.25) is 0 Å². The van der Waals surface area contributed by atoms with Crippen molar-refractivity contribution in [2.75, 3.05) is 11.4 Å². The van der Waals surface area contributed by atoms with Crippen molar-refractivity contribution in [1.82, 2.24) is 15.3 Å². The van der Waals surface area contributed by atoms with Gasteiger partial charge in [-0.3, -0.25) is 9.78 Å². The summed E-state index contributed by atoms with van der Waals surface area (Å²) in [7, 11) is 0. The fraction of sp³-hybridized carbons (Fsp3) is 0.174. The molecule has 4 aromatic rings. The van der Waals surface area contributed by atoms with Crippen LogP contribution in [0.4, 0.5) is 10.8 Å². The van der Waals surface area contributed by atoms with Gasteiger partial charge in [0.05, 0.1) is 15.8 Å². The summed E-state index contributed by atoms with van der Waals surface area (Å²) in [6, 6.07) is 18.1. The second-order valence-electron chi connectivity index (χ2n) is 7.08. The molecule has 0 radical (unpaired) electrons. The third-order valence-corrected chi connectivity index (χ3v) is 6.21. The number of carbonyl (C=O) groups is 1. The summed E-state index contributed by atoms with van der Waals surface area (Å²) in [5.74, 6) is -0.115. The van der Waals surface area contributed by atoms with E-state index in [1.165, 1.54) is 11.3 Å². The number of aryl methyl sites for hydroxylation is 1. The lowest BCUT2D eigenvalue weighted by Crippen LogP contribution is -2.24. The Labute approximate surface area is 173 Å². The Morgan fingerprint density at radius 3 is 2.93 bits per heavy atom. The van der Waals surface area contributed by atoms with Crippen molar-refractivity contribution in [2.45, 2.75) is 19.4 Å². The third kappa shape index (κ3) is 3.47. The zero-order chi connectivity index (χ0) is 19.6. The van der Waals surface area contributed by atoms with E-state index >= 15 is 0 Å². The van der Waals surface area contributed by atoms with Gasteiger partial charge < -0.3 is 10.2 Å². The van der Waals surface area contributed by atoms with Gasteiger partial charge >= 0.3 is 0 Å². The maximum absolute atomic E-state index is 12.8. The Balaban J connectivity index is 1.45. The Morgan fingerprint density at radius 2 is 2.03 bits per heavy atom. The summed E-state index contributed by atoms with van der Waals surface area (Å²) in [6.07, 6.45) is 5.68. The minimum Gasteiger partial charge on any atom is -0.348 e. The predicted molar refractivity (Wildman–Crippen MR) is 117 cm³/mol. The summed E-state index contributed by atoms with van der Waals surface area (Å²) in [5, 5.41) is 3.93. The van der Waals surface area contributed by atoms with Crippen LogP contribution in [-0.4, -0.2) is 22.4 Å². The van der Waals surface area contributed by atoms with Crippen molar-refractivity contribution in [2.24, 2.45) is 0 Å². The number of benzene rings is 2. The monoisotopic (exact) mass is 400 g/mol. The van der Waals surface area contributed by atoms with Gasteiger partial charge in [-0.1, -0.05) is 41.7 Å². The topological polar surface area (TPSA) is 58.1 Å². The molecule has 0 atom stereocenters. The van der Waals surface area contributed by atoms with Crippen LogP contribution in [0.1, 0.15) is 27.9 Å². The highest BCUT2D eigenvalue weighted by atomic mass is 32.1. The number of hydrogen-bond acceptors (Lipinski definition) is 5. The number of amides is 1. The van der Waals surface area contributed by atoms with Crippen LogP contribution in [0.2, 0.25) is 0 Å². The molecule has 0 spiro atoms. The number of carbonyl (C=O) groups excluding carboxylic acids is 1. The SMILES string of the molecule is O=C(NCc1cccnc1)c1cccc2sc(N3CCCc4ccccc43)nc12. The molecule has 1 aliphatic rings. The number of para-hydroxylation sites is 2. The van der Waals surface area contributed by atoms with Crippen molar-refractivity contribution in [1.29, 1.82) is 0 Å². The highest BCUT2D eigenvalue weighted by Crippen LogP contribution is 2.38. The Hall–Kier alpha value is -3.25. The Kier molecular flexibility index (Phi) is 4.69. The molecule has 6 heteroatoms. The van der Waals surface area contributed by atoms with E-state index in [9.17, 15) is 4.79 Å². The molecule has 5 rings (SSSR count). The number of anilines is 2. The number of pyridine rings is 1. The first-order chi connectivity index (χ1) is 14.3. The van der Waals surface area contributed by atoms with Crippen molar-refractivity contribution < 1.29 is 4.79 Å². The molecule has 0 saturated carbocycles. The van der Waals surface area contributed by atoms with Gasteiger partial charge in [-0.05, 0) is 48.2 Å². The number of aromatic nitrogens is 2. The number of fused-ring (bicyclic) bond motifs is 2. The average Bonchev–Trinajstić information content (AvgIpc) is 3.22. The van der Waals surface area contributed by atoms with Gasteiger partial charge in [-0.15, -0.1) is 0 Å². The van der Waals surface area contributed by atoms with E-state index in [1.807, 2.05) is 30.3 Å². The van der Waals surface area contributed by atoms with Crippen LogP contribution in [0.5, 0.6) is 0 Å². The minimum atomic E-state index is -0.115. The van der Waals surface area contributed by atoms with Crippen LogP contribution >= 0.6 is 11.3 Å². The van der Waals surface area contributed by atoms with Crippen LogP contribution in [0, 0.1) is 0 Å². The van der Waals surface area contributed by atoms with Crippen molar-refractivity contribution in [3.8, 4) is 0 Å². The number of rotatable bonds is 4. The van der Waals surface area contributed by atoms with Gasteiger partial charge in [-0.25, -0.2) is 4.98 Å². The summed E-state index contributed by atoms with van der Waals surface area (Å²) in [5.41, 5.74) is 4.92. The smallest absolute Gasteiger partial charge is 0.253 e. The second kappa shape index (κ2) is 7.64. The second-order valence-corrected chi connectivity index (χ2v) is 8.09. The van der Waals surface area contributed by atoms with E-state index in [0.717, 1.165) is 40.3 Å². The van der Waals surface area contributed by atoms with Gasteiger partial charge in [0.1, 0.15) is 0 Å². The lowest BCUT2D eigenvalue weighted by molar-refractivity contribution is 0.0952. The average molecular weight is 401 g/mol. The molecule has 144 valence electrons. The van der Waals surface area contributed by atoms with E-state index in [-0.39, 0.29) is 5.91 Å². The van der Waals surface area contributed by atoms with Crippen molar-refractivity contribution in [3.63, 3.8) is 0 Å². The van der Waals surface area contributed by atoms with Gasteiger partial charge in [0, 0.05) is 31.2 Å². The summed E-state index contributed by atoms with van der Waals surface area (Å²) < 4.78 is 1.03. The molecule has 29 heavy (non-hydrogen) atoms. The minimum absolute atomic E-state index is 0.115. The molecule has 2 aromatic carbocycles. The van der Waals surface area contributed by atoms with Crippen molar-refractivity contribution in [3.05, 3.63) is 83.7 Å². The molecule has 1 N–H and O–H groups in total. The summed E-state index contributed by atoms with van der Waals surface area (Å²) >= 11 is 1.64. The van der Waals surface area contributed by atoms with Crippen LogP contribution in [-0.2, 0) is 13.0 Å². The number of thiazole rings is 1. The standard InChI is InChI=1S/C23H20N4OS/c28-22(25-15-16-6-4-12-24-14-16)18-9-3-11-20-21(18)26-23(29-20)27-13-5-8-17-7-1-2-10-19(17)27/h1-4,6-7,9-12,14H,5,8,13,15H2,(H,25,28). The van der Waals surface area contributed by atoms with E-state index in [2.05, 4.69) is 39.5 Å². The Morgan fingerprint density at radius 1 is 1.10 bits per heavy atom. The van der Waals surface area contributed by atoms with Gasteiger partial charge in [-0.2, -0.15) is 0 Å². The van der Waals surface area contributed by atoms with E-state index < -0.39 is 0 Å². The molecule has 2 aromatic heterocycles. The maximum atomic E-state index is 12.8. The first-order valence-corrected chi connectivity index (χ1v) is 10.5. The fourth-order valence-corrected chi connectivity index (χ4v) is 4.78. The number of nitrogens with one attached hydrogen (secondary N) is 1. The van der Waals surface area contributed by atoms with E-state index in [0.29, 0.717) is 12.1 Å². The zero-order valence-corrected chi connectivity index (χ0v) is 16.7. The van der Waals surface area contributed by atoms with Crippen LogP contribution in [0.3, 0.4) is 0 Å². The van der Waals surface area contributed by atoms with Crippen LogP contribution in [0.25, 0.3) is 10.2 Å². The molecule has 1 aliphatic heterocycles. The highest BCUT2D eigenvalue weighted by Gasteiger charge is 2.22. The zero-order valence-electron chi connectivity index (χ0n) is 15.8. The molecule has 0 bridgehead atoms. The lowest BCUT2D eigenvalue weighted by atomic mass is 10.0. The largest absolute Gasteiger partial charge is 0.348 e. The third-order valence-electron chi connectivity index (χ3n) is 5.17. The maximum Gasteiger partial charge on any atom is 0.253 e. The summed E-state index contributed by atoms with van der Waals surface area (Å²) in [6.45, 7) is 1.39. The van der Waals surface area contributed by atoms with E-state index in [4.69, 9.17) is 4.98 Å². The molecular formula is C23H20N4OS. The molecule has 0 aliphatic carbocycles. The molecular weight excluding hydrogens is 380 g/mol. The molecule has 0 saturated heterocycles. The fourth-order valence-electron chi connectivity index (χ4n) is 3.75. The first kappa shape index (κ1) is 17.8. The lowest BCUT2D eigenvalue weighted by Gasteiger charge is -2.28. The molecule has 0 unspecified atom stereocenters. The van der Waals surface area contributed by atoms with Crippen molar-refractivity contribution >= 4 is 38.3 Å². The van der Waals surface area contributed by atoms with E-state index in [1.54, 1.807) is 23.7 Å². The Bertz CT molecular complexity index is 1170. The summed E-state index contributed by atoms with van der Waals surface area (Å²) in [4.78, 5) is 24.1.